The summed E-state index contributed by atoms with van der Waals surface area (Å²) in [5.41, 5.74) is 1.63. The lowest BCUT2D eigenvalue weighted by Gasteiger charge is -2.13. The molecule has 3 N–H and O–H groups in total. The zero-order valence-corrected chi connectivity index (χ0v) is 12.3. The Morgan fingerprint density at radius 3 is 2.21 bits per heavy atom. The van der Waals surface area contributed by atoms with Crippen molar-refractivity contribution in [3.05, 3.63) is 23.3 Å². The van der Waals surface area contributed by atoms with Crippen molar-refractivity contribution in [3.8, 4) is 0 Å². The Kier molecular flexibility index (Phi) is 3.36. The fourth-order valence-electron chi connectivity index (χ4n) is 1.71. The first-order chi connectivity index (χ1) is 8.61. The van der Waals surface area contributed by atoms with E-state index in [1.165, 1.54) is 12.1 Å². The Morgan fingerprint density at radius 1 is 1.16 bits per heavy atom. The molecule has 0 aliphatic heterocycles. The van der Waals surface area contributed by atoms with E-state index in [1.807, 2.05) is 0 Å². The van der Waals surface area contributed by atoms with E-state index in [9.17, 15) is 16.8 Å². The average molecular weight is 304 g/mol. The van der Waals surface area contributed by atoms with Gasteiger partial charge in [-0.2, -0.15) is 0 Å². The molecule has 1 aromatic carbocycles. The van der Waals surface area contributed by atoms with Gasteiger partial charge in [-0.05, 0) is 49.9 Å². The number of benzene rings is 1. The van der Waals surface area contributed by atoms with Crippen LogP contribution in [0.25, 0.3) is 0 Å². The molecular formula is C11H16N2O4S2. The first-order valence-electron chi connectivity index (χ1n) is 5.77. The molecule has 0 amide bonds. The summed E-state index contributed by atoms with van der Waals surface area (Å²) in [6.45, 7) is 3.44. The van der Waals surface area contributed by atoms with E-state index >= 15 is 0 Å². The Labute approximate surface area is 113 Å². The minimum absolute atomic E-state index is 0.0934. The van der Waals surface area contributed by atoms with Crippen LogP contribution in [0.3, 0.4) is 0 Å². The van der Waals surface area contributed by atoms with Crippen molar-refractivity contribution in [3.63, 3.8) is 0 Å². The van der Waals surface area contributed by atoms with E-state index in [2.05, 4.69) is 4.72 Å². The zero-order chi connectivity index (χ0) is 14.4. The van der Waals surface area contributed by atoms with Gasteiger partial charge >= 0.3 is 0 Å². The first-order valence-corrected chi connectivity index (χ1v) is 8.86. The number of primary sulfonamides is 1. The minimum atomic E-state index is -3.86. The molecule has 0 heterocycles. The minimum Gasteiger partial charge on any atom is -0.283 e. The second kappa shape index (κ2) is 4.46. The second-order valence-electron chi connectivity index (χ2n) is 4.80. The van der Waals surface area contributed by atoms with E-state index in [0.29, 0.717) is 24.0 Å². The summed E-state index contributed by atoms with van der Waals surface area (Å²) >= 11 is 0. The van der Waals surface area contributed by atoms with Crippen LogP contribution in [0.1, 0.15) is 24.0 Å². The first kappa shape index (κ1) is 14.3. The molecule has 1 aliphatic rings. The largest absolute Gasteiger partial charge is 0.283 e. The standard InChI is InChI=1S/C11H16N2O4S2/c1-7-5-10(18(12,14)15)6-11(8(7)2)13-19(16,17)9-3-4-9/h5-6,9,13H,3-4H2,1-2H3,(H2,12,14,15). The predicted octanol–water partition coefficient (Wildman–Crippen LogP) is 0.855. The average Bonchev–Trinajstić information content (AvgIpc) is 3.06. The van der Waals surface area contributed by atoms with Crippen LogP contribution in [0, 0.1) is 13.8 Å². The Balaban J connectivity index is 2.48. The molecule has 6 nitrogen and oxygen atoms in total. The molecule has 0 saturated heterocycles. The summed E-state index contributed by atoms with van der Waals surface area (Å²) in [4.78, 5) is -0.0934. The lowest BCUT2D eigenvalue weighted by molar-refractivity contribution is 0.596. The molecule has 1 fully saturated rings. The fourth-order valence-corrected chi connectivity index (χ4v) is 3.78. The third-order valence-electron chi connectivity index (χ3n) is 3.18. The fraction of sp³-hybridized carbons (Fsp3) is 0.455. The number of nitrogens with two attached hydrogens (primary N) is 1. The van der Waals surface area contributed by atoms with E-state index in [1.54, 1.807) is 13.8 Å². The Hall–Kier alpha value is -1.12. The van der Waals surface area contributed by atoms with Crippen molar-refractivity contribution in [1.29, 1.82) is 0 Å². The van der Waals surface area contributed by atoms with Gasteiger partial charge < -0.3 is 0 Å². The van der Waals surface area contributed by atoms with Gasteiger partial charge in [0.2, 0.25) is 20.0 Å². The van der Waals surface area contributed by atoms with Crippen molar-refractivity contribution in [1.82, 2.24) is 0 Å². The van der Waals surface area contributed by atoms with E-state index in [0.717, 1.165) is 0 Å². The maximum Gasteiger partial charge on any atom is 0.238 e. The van der Waals surface area contributed by atoms with Crippen LogP contribution >= 0.6 is 0 Å². The van der Waals surface area contributed by atoms with Gasteiger partial charge in [0.1, 0.15) is 0 Å². The summed E-state index contributed by atoms with van der Waals surface area (Å²) in [6.07, 6.45) is 1.28. The van der Waals surface area contributed by atoms with E-state index in [-0.39, 0.29) is 15.8 Å². The Bertz CT molecular complexity index is 719. The molecule has 8 heteroatoms. The van der Waals surface area contributed by atoms with Gasteiger partial charge in [0.05, 0.1) is 15.8 Å². The summed E-state index contributed by atoms with van der Waals surface area (Å²) in [5.74, 6) is 0. The van der Waals surface area contributed by atoms with Crippen molar-refractivity contribution in [2.24, 2.45) is 5.14 Å². The SMILES string of the molecule is Cc1cc(S(N)(=O)=O)cc(NS(=O)(=O)C2CC2)c1C. The van der Waals surface area contributed by atoms with Crippen molar-refractivity contribution >= 4 is 25.7 Å². The molecule has 0 radical (unpaired) electrons. The van der Waals surface area contributed by atoms with Gasteiger partial charge in [0.15, 0.2) is 0 Å². The number of nitrogens with one attached hydrogen (secondary N) is 1. The van der Waals surface area contributed by atoms with Gasteiger partial charge in [-0.25, -0.2) is 22.0 Å². The number of hydrogen-bond acceptors (Lipinski definition) is 4. The number of sulfonamides is 2. The lowest BCUT2D eigenvalue weighted by atomic mass is 10.1. The number of hydrogen-bond donors (Lipinski definition) is 2. The molecule has 19 heavy (non-hydrogen) atoms. The Morgan fingerprint density at radius 2 is 1.74 bits per heavy atom. The van der Waals surface area contributed by atoms with E-state index in [4.69, 9.17) is 5.14 Å². The summed E-state index contributed by atoms with van der Waals surface area (Å²) in [7, 11) is -7.29. The van der Waals surface area contributed by atoms with Gasteiger partial charge in [-0.15, -0.1) is 0 Å². The number of rotatable bonds is 4. The normalized spacial score (nSPS) is 16.4. The van der Waals surface area contributed by atoms with Crippen LogP contribution < -0.4 is 9.86 Å². The summed E-state index contributed by atoms with van der Waals surface area (Å²) in [5, 5.41) is 4.71. The highest BCUT2D eigenvalue weighted by Crippen LogP contribution is 2.31. The van der Waals surface area contributed by atoms with Crippen molar-refractivity contribution < 1.29 is 16.8 Å². The molecule has 0 aromatic heterocycles. The highest BCUT2D eigenvalue weighted by atomic mass is 32.2. The molecule has 0 spiro atoms. The van der Waals surface area contributed by atoms with Crippen LogP contribution in [0.2, 0.25) is 0 Å². The molecule has 2 rings (SSSR count). The van der Waals surface area contributed by atoms with Crippen LogP contribution in [0.4, 0.5) is 5.69 Å². The summed E-state index contributed by atoms with van der Waals surface area (Å²) < 4.78 is 49.0. The van der Waals surface area contributed by atoms with E-state index < -0.39 is 20.0 Å². The number of aryl methyl sites for hydroxylation is 1. The molecule has 1 saturated carbocycles. The zero-order valence-electron chi connectivity index (χ0n) is 10.7. The number of anilines is 1. The van der Waals surface area contributed by atoms with Gasteiger partial charge in [-0.1, -0.05) is 0 Å². The van der Waals surface area contributed by atoms with Gasteiger partial charge in [0.25, 0.3) is 0 Å². The molecular weight excluding hydrogens is 288 g/mol. The van der Waals surface area contributed by atoms with Crippen LogP contribution in [-0.4, -0.2) is 22.1 Å². The highest BCUT2D eigenvalue weighted by Gasteiger charge is 2.36. The summed E-state index contributed by atoms with van der Waals surface area (Å²) in [6, 6.07) is 2.69. The van der Waals surface area contributed by atoms with Crippen LogP contribution in [0.15, 0.2) is 17.0 Å². The lowest BCUT2D eigenvalue weighted by Crippen LogP contribution is -2.19. The predicted molar refractivity (Wildman–Crippen MR) is 72.9 cm³/mol. The monoisotopic (exact) mass is 304 g/mol. The van der Waals surface area contributed by atoms with Gasteiger partial charge in [-0.3, -0.25) is 4.72 Å². The smallest absolute Gasteiger partial charge is 0.238 e. The quantitative estimate of drug-likeness (QED) is 0.860. The molecule has 1 aliphatic carbocycles. The third kappa shape index (κ3) is 3.07. The van der Waals surface area contributed by atoms with Crippen molar-refractivity contribution in [2.45, 2.75) is 36.8 Å². The molecule has 0 unspecified atom stereocenters. The molecule has 0 bridgehead atoms. The molecule has 1 aromatic rings. The van der Waals surface area contributed by atoms with Crippen LogP contribution in [0.5, 0.6) is 0 Å². The molecule has 0 atom stereocenters. The topological polar surface area (TPSA) is 106 Å². The molecule has 106 valence electrons. The third-order valence-corrected chi connectivity index (χ3v) is 5.93. The highest BCUT2D eigenvalue weighted by molar-refractivity contribution is 7.93. The van der Waals surface area contributed by atoms with Crippen molar-refractivity contribution in [2.75, 3.05) is 4.72 Å². The van der Waals surface area contributed by atoms with Gasteiger partial charge in [0, 0.05) is 0 Å². The van der Waals surface area contributed by atoms with Crippen LogP contribution in [-0.2, 0) is 20.0 Å². The maximum atomic E-state index is 11.9. The maximum absolute atomic E-state index is 11.9. The second-order valence-corrected chi connectivity index (χ2v) is 8.33.